The molecule has 20 heavy (non-hydrogen) atoms. The smallest absolute Gasteiger partial charge is 0.125 e. The van der Waals surface area contributed by atoms with Gasteiger partial charge in [0.15, 0.2) is 0 Å². The third-order valence-corrected chi connectivity index (χ3v) is 3.33. The second kappa shape index (κ2) is 6.10. The van der Waals surface area contributed by atoms with Gasteiger partial charge in [-0.05, 0) is 28.7 Å². The molecule has 0 unspecified atom stereocenters. The highest BCUT2D eigenvalue weighted by Crippen LogP contribution is 2.28. The van der Waals surface area contributed by atoms with Crippen molar-refractivity contribution in [2.75, 3.05) is 0 Å². The first-order chi connectivity index (χ1) is 9.50. The van der Waals surface area contributed by atoms with Crippen molar-refractivity contribution in [3.05, 3.63) is 65.2 Å². The van der Waals surface area contributed by atoms with Crippen LogP contribution in [0.25, 0.3) is 0 Å². The molecule has 0 saturated carbocycles. The van der Waals surface area contributed by atoms with Crippen molar-refractivity contribution >= 4 is 0 Å². The molecule has 2 heteroatoms. The van der Waals surface area contributed by atoms with E-state index in [1.54, 1.807) is 0 Å². The molecule has 2 nitrogen and oxygen atoms in total. The van der Waals surface area contributed by atoms with Crippen LogP contribution < -0.4 is 4.74 Å². The molecule has 0 aliphatic heterocycles. The normalized spacial score (nSPS) is 11.4. The Balaban J connectivity index is 2.16. The van der Waals surface area contributed by atoms with Gasteiger partial charge in [0.25, 0.3) is 0 Å². The zero-order valence-electron chi connectivity index (χ0n) is 12.4. The molecule has 2 aromatic rings. The van der Waals surface area contributed by atoms with E-state index in [0.717, 1.165) is 16.9 Å². The van der Waals surface area contributed by atoms with Gasteiger partial charge in [-0.1, -0.05) is 57.2 Å². The number of hydrogen-bond donors (Lipinski definition) is 1. The Morgan fingerprint density at radius 1 is 1.00 bits per heavy atom. The van der Waals surface area contributed by atoms with Gasteiger partial charge in [-0.15, -0.1) is 0 Å². The van der Waals surface area contributed by atoms with Crippen LogP contribution in [-0.2, 0) is 18.6 Å². The van der Waals surface area contributed by atoms with Crippen LogP contribution in [0.4, 0.5) is 0 Å². The van der Waals surface area contributed by atoms with Crippen LogP contribution in [0.1, 0.15) is 37.5 Å². The van der Waals surface area contributed by atoms with Crippen molar-refractivity contribution in [2.45, 2.75) is 39.4 Å². The fourth-order valence-electron chi connectivity index (χ4n) is 2.05. The lowest BCUT2D eigenvalue weighted by Crippen LogP contribution is -2.12. The lowest BCUT2D eigenvalue weighted by molar-refractivity contribution is 0.258. The Morgan fingerprint density at radius 3 is 2.30 bits per heavy atom. The molecule has 0 atom stereocenters. The van der Waals surface area contributed by atoms with E-state index in [1.165, 1.54) is 5.56 Å². The van der Waals surface area contributed by atoms with Gasteiger partial charge in [0.05, 0.1) is 6.61 Å². The molecule has 0 amide bonds. The van der Waals surface area contributed by atoms with Crippen LogP contribution in [0.15, 0.2) is 48.5 Å². The highest BCUT2D eigenvalue weighted by molar-refractivity contribution is 5.39. The Labute approximate surface area is 121 Å². The molecule has 0 heterocycles. The van der Waals surface area contributed by atoms with Crippen molar-refractivity contribution in [3.63, 3.8) is 0 Å². The van der Waals surface area contributed by atoms with Crippen molar-refractivity contribution in [1.82, 2.24) is 0 Å². The molecule has 1 N–H and O–H groups in total. The first-order valence-corrected chi connectivity index (χ1v) is 6.91. The van der Waals surface area contributed by atoms with E-state index < -0.39 is 0 Å². The number of aliphatic hydroxyl groups excluding tert-OH is 1. The summed E-state index contributed by atoms with van der Waals surface area (Å²) in [5.74, 6) is 0.754. The fourth-order valence-corrected chi connectivity index (χ4v) is 2.05. The van der Waals surface area contributed by atoms with Crippen molar-refractivity contribution < 1.29 is 9.84 Å². The highest BCUT2D eigenvalue weighted by Gasteiger charge is 2.15. The van der Waals surface area contributed by atoms with Gasteiger partial charge < -0.3 is 9.84 Å². The predicted molar refractivity (Wildman–Crippen MR) is 81.8 cm³/mol. The molecule has 0 radical (unpaired) electrons. The first-order valence-electron chi connectivity index (χ1n) is 6.91. The van der Waals surface area contributed by atoms with Gasteiger partial charge in [-0.25, -0.2) is 0 Å². The topological polar surface area (TPSA) is 29.5 Å². The average molecular weight is 270 g/mol. The molecular formula is C18H22O2. The van der Waals surface area contributed by atoms with Gasteiger partial charge >= 0.3 is 0 Å². The number of benzene rings is 2. The monoisotopic (exact) mass is 270 g/mol. The number of hydrogen-bond acceptors (Lipinski definition) is 2. The lowest BCUT2D eigenvalue weighted by Gasteiger charge is -2.21. The molecule has 106 valence electrons. The summed E-state index contributed by atoms with van der Waals surface area (Å²) in [4.78, 5) is 0. The second-order valence-electron chi connectivity index (χ2n) is 6.00. The maximum absolute atomic E-state index is 9.53. The van der Waals surface area contributed by atoms with E-state index in [4.69, 9.17) is 4.74 Å². The Hall–Kier alpha value is -1.80. The standard InChI is InChI=1S/C18H22O2/c1-18(2,3)16-9-10-17(15(11-16)12-19)20-13-14-7-5-4-6-8-14/h4-11,19H,12-13H2,1-3H3. The van der Waals surface area contributed by atoms with E-state index in [2.05, 4.69) is 26.8 Å². The molecule has 2 aromatic carbocycles. The van der Waals surface area contributed by atoms with E-state index >= 15 is 0 Å². The molecule has 0 fully saturated rings. The summed E-state index contributed by atoms with van der Waals surface area (Å²) >= 11 is 0. The quantitative estimate of drug-likeness (QED) is 0.908. The number of aliphatic hydroxyl groups is 1. The zero-order valence-corrected chi connectivity index (χ0v) is 12.4. The third-order valence-electron chi connectivity index (χ3n) is 3.33. The van der Waals surface area contributed by atoms with Crippen LogP contribution in [0.2, 0.25) is 0 Å². The van der Waals surface area contributed by atoms with E-state index in [0.29, 0.717) is 6.61 Å². The molecule has 2 rings (SSSR count). The first kappa shape index (κ1) is 14.6. The number of rotatable bonds is 4. The minimum Gasteiger partial charge on any atom is -0.489 e. The average Bonchev–Trinajstić information content (AvgIpc) is 2.45. The molecule has 0 aliphatic rings. The Bertz CT molecular complexity index is 553. The summed E-state index contributed by atoms with van der Waals surface area (Å²) in [5.41, 5.74) is 3.24. The lowest BCUT2D eigenvalue weighted by atomic mass is 9.86. The van der Waals surface area contributed by atoms with Crippen molar-refractivity contribution in [2.24, 2.45) is 0 Å². The van der Waals surface area contributed by atoms with Gasteiger partial charge in [0.2, 0.25) is 0 Å². The minimum absolute atomic E-state index is 0.00591. The van der Waals surface area contributed by atoms with Gasteiger partial charge in [-0.2, -0.15) is 0 Å². The molecule has 0 aromatic heterocycles. The summed E-state index contributed by atoms with van der Waals surface area (Å²) in [5, 5.41) is 9.53. The largest absolute Gasteiger partial charge is 0.489 e. The summed E-state index contributed by atoms with van der Waals surface area (Å²) in [7, 11) is 0. The van der Waals surface area contributed by atoms with Crippen LogP contribution in [0.5, 0.6) is 5.75 Å². The summed E-state index contributed by atoms with van der Waals surface area (Å²) in [6, 6.07) is 16.1. The van der Waals surface area contributed by atoms with Gasteiger partial charge in [0, 0.05) is 5.56 Å². The Kier molecular flexibility index (Phi) is 4.46. The fraction of sp³-hybridized carbons (Fsp3) is 0.333. The SMILES string of the molecule is CC(C)(C)c1ccc(OCc2ccccc2)c(CO)c1. The predicted octanol–water partition coefficient (Wildman–Crippen LogP) is 4.06. The summed E-state index contributed by atoms with van der Waals surface area (Å²) in [6.07, 6.45) is 0. The van der Waals surface area contributed by atoms with Crippen molar-refractivity contribution in [1.29, 1.82) is 0 Å². The number of ether oxygens (including phenoxy) is 1. The van der Waals surface area contributed by atoms with E-state index in [1.807, 2.05) is 42.5 Å². The molecule has 0 saturated heterocycles. The van der Waals surface area contributed by atoms with Gasteiger partial charge in [0.1, 0.15) is 12.4 Å². The van der Waals surface area contributed by atoms with Crippen molar-refractivity contribution in [3.8, 4) is 5.75 Å². The maximum atomic E-state index is 9.53. The zero-order chi connectivity index (χ0) is 14.6. The van der Waals surface area contributed by atoms with Crippen LogP contribution in [0, 0.1) is 0 Å². The van der Waals surface area contributed by atoms with Crippen LogP contribution in [0.3, 0.4) is 0 Å². The molecule has 0 bridgehead atoms. The Morgan fingerprint density at radius 2 is 1.70 bits per heavy atom. The summed E-state index contributed by atoms with van der Waals surface area (Å²) in [6.45, 7) is 6.99. The van der Waals surface area contributed by atoms with E-state index in [-0.39, 0.29) is 12.0 Å². The minimum atomic E-state index is -0.00591. The van der Waals surface area contributed by atoms with Crippen LogP contribution >= 0.6 is 0 Å². The third kappa shape index (κ3) is 3.61. The highest BCUT2D eigenvalue weighted by atomic mass is 16.5. The molecule has 0 aliphatic carbocycles. The second-order valence-corrected chi connectivity index (χ2v) is 6.00. The molecular weight excluding hydrogens is 248 g/mol. The van der Waals surface area contributed by atoms with Crippen LogP contribution in [-0.4, -0.2) is 5.11 Å². The van der Waals surface area contributed by atoms with Gasteiger partial charge in [-0.3, -0.25) is 0 Å². The summed E-state index contributed by atoms with van der Waals surface area (Å²) < 4.78 is 5.82. The van der Waals surface area contributed by atoms with E-state index in [9.17, 15) is 5.11 Å². The molecule has 0 spiro atoms. The maximum Gasteiger partial charge on any atom is 0.125 e.